The number of halogens is 2. The van der Waals surface area contributed by atoms with Gasteiger partial charge in [0, 0.05) is 17.9 Å². The van der Waals surface area contributed by atoms with Crippen LogP contribution in [-0.2, 0) is 10.5 Å². The number of aliphatic hydroxyl groups is 1. The highest BCUT2D eigenvalue weighted by Crippen LogP contribution is 2.31. The Morgan fingerprint density at radius 3 is 2.64 bits per heavy atom. The largest absolute Gasteiger partial charge is 0.364 e. The van der Waals surface area contributed by atoms with Crippen molar-refractivity contribution in [3.05, 3.63) is 35.4 Å². The van der Waals surface area contributed by atoms with Crippen LogP contribution in [0.5, 0.6) is 0 Å². The Morgan fingerprint density at radius 1 is 1.41 bits per heavy atom. The number of carbonyl (C=O) groups is 1. The highest BCUT2D eigenvalue weighted by Gasteiger charge is 2.50. The van der Waals surface area contributed by atoms with Crippen molar-refractivity contribution in [2.75, 3.05) is 5.75 Å². The van der Waals surface area contributed by atoms with Gasteiger partial charge in [-0.05, 0) is 19.4 Å². The van der Waals surface area contributed by atoms with Gasteiger partial charge >= 0.3 is 0 Å². The van der Waals surface area contributed by atoms with Crippen molar-refractivity contribution in [1.82, 2.24) is 5.01 Å². The standard InChI is InChI=1S/C15H18F2N2O2S/c1-10-3-5-12(6-4-10)8-22-9-13(20)19-15(21,14(16)17)7-11(2)18-19/h3-6,14,21H,7-9H2,1-2H3/t15-/m1/s1. The molecule has 0 fully saturated rings. The summed E-state index contributed by atoms with van der Waals surface area (Å²) in [6, 6.07) is 7.86. The molecule has 1 atom stereocenters. The van der Waals surface area contributed by atoms with Crippen LogP contribution in [0.3, 0.4) is 0 Å². The first kappa shape index (κ1) is 16.9. The maximum Gasteiger partial charge on any atom is 0.287 e. The molecule has 0 aliphatic carbocycles. The molecule has 0 radical (unpaired) electrons. The lowest BCUT2D eigenvalue weighted by Crippen LogP contribution is -2.52. The van der Waals surface area contributed by atoms with Crippen LogP contribution < -0.4 is 0 Å². The van der Waals surface area contributed by atoms with Crippen LogP contribution in [-0.4, -0.2) is 39.6 Å². The number of benzene rings is 1. The number of alkyl halides is 2. The summed E-state index contributed by atoms with van der Waals surface area (Å²) in [6.07, 6.45) is -3.38. The summed E-state index contributed by atoms with van der Waals surface area (Å²) in [7, 11) is 0. The van der Waals surface area contributed by atoms with Crippen LogP contribution in [0.25, 0.3) is 0 Å². The van der Waals surface area contributed by atoms with Gasteiger partial charge < -0.3 is 5.11 Å². The third kappa shape index (κ3) is 3.64. The van der Waals surface area contributed by atoms with E-state index < -0.39 is 18.1 Å². The Morgan fingerprint density at radius 2 is 2.05 bits per heavy atom. The fourth-order valence-electron chi connectivity index (χ4n) is 2.19. The molecule has 1 heterocycles. The fourth-order valence-corrected chi connectivity index (χ4v) is 3.01. The van der Waals surface area contributed by atoms with Gasteiger partial charge in [-0.25, -0.2) is 8.78 Å². The molecule has 0 bridgehead atoms. The highest BCUT2D eigenvalue weighted by atomic mass is 32.2. The average Bonchev–Trinajstić information content (AvgIpc) is 2.77. The molecule has 22 heavy (non-hydrogen) atoms. The number of amides is 1. The highest BCUT2D eigenvalue weighted by molar-refractivity contribution is 7.99. The van der Waals surface area contributed by atoms with E-state index in [0.717, 1.165) is 11.1 Å². The van der Waals surface area contributed by atoms with Gasteiger partial charge in [0.25, 0.3) is 12.3 Å². The smallest absolute Gasteiger partial charge is 0.287 e. The van der Waals surface area contributed by atoms with Crippen molar-refractivity contribution in [3.8, 4) is 0 Å². The monoisotopic (exact) mass is 328 g/mol. The van der Waals surface area contributed by atoms with Crippen LogP contribution in [0.2, 0.25) is 0 Å². The van der Waals surface area contributed by atoms with E-state index in [1.807, 2.05) is 31.2 Å². The van der Waals surface area contributed by atoms with E-state index in [-0.39, 0.29) is 12.2 Å². The second-order valence-electron chi connectivity index (χ2n) is 5.38. The van der Waals surface area contributed by atoms with Crippen LogP contribution in [0, 0.1) is 6.92 Å². The van der Waals surface area contributed by atoms with Crippen molar-refractivity contribution >= 4 is 23.4 Å². The maximum atomic E-state index is 13.0. The summed E-state index contributed by atoms with van der Waals surface area (Å²) in [4.78, 5) is 12.1. The zero-order chi connectivity index (χ0) is 16.3. The Hall–Kier alpha value is -1.47. The van der Waals surface area contributed by atoms with Gasteiger partial charge in [-0.2, -0.15) is 10.1 Å². The molecule has 1 aliphatic rings. The number of hydrogen-bond acceptors (Lipinski definition) is 4. The first-order valence-electron chi connectivity index (χ1n) is 6.84. The molecule has 2 rings (SSSR count). The Bertz CT molecular complexity index is 577. The Balaban J connectivity index is 1.92. The lowest BCUT2D eigenvalue weighted by Gasteiger charge is -2.29. The van der Waals surface area contributed by atoms with Crippen molar-refractivity contribution in [2.45, 2.75) is 38.2 Å². The second-order valence-corrected chi connectivity index (χ2v) is 6.36. The van der Waals surface area contributed by atoms with Gasteiger partial charge in [0.05, 0.1) is 5.75 Å². The summed E-state index contributed by atoms with van der Waals surface area (Å²) in [5, 5.41) is 14.2. The van der Waals surface area contributed by atoms with Crippen molar-refractivity contribution in [2.24, 2.45) is 5.10 Å². The van der Waals surface area contributed by atoms with Crippen molar-refractivity contribution < 1.29 is 18.7 Å². The Kier molecular flexibility index (Phi) is 5.18. The zero-order valence-electron chi connectivity index (χ0n) is 12.4. The first-order valence-corrected chi connectivity index (χ1v) is 7.99. The molecule has 1 aliphatic heterocycles. The SMILES string of the molecule is CC1=NN(C(=O)CSCc2ccc(C)cc2)[C@](O)(C(F)F)C1. The molecule has 0 spiro atoms. The summed E-state index contributed by atoms with van der Waals surface area (Å²) >= 11 is 1.30. The minimum Gasteiger partial charge on any atom is -0.364 e. The fraction of sp³-hybridized carbons (Fsp3) is 0.467. The number of rotatable bonds is 5. The number of hydrogen-bond donors (Lipinski definition) is 1. The average molecular weight is 328 g/mol. The summed E-state index contributed by atoms with van der Waals surface area (Å²) in [5.41, 5.74) is 0.00740. The number of nitrogens with zero attached hydrogens (tertiary/aromatic N) is 2. The zero-order valence-corrected chi connectivity index (χ0v) is 13.2. The van der Waals surface area contributed by atoms with E-state index in [9.17, 15) is 18.7 Å². The van der Waals surface area contributed by atoms with E-state index in [0.29, 0.717) is 16.5 Å². The third-order valence-electron chi connectivity index (χ3n) is 3.35. The second kappa shape index (κ2) is 6.75. The van der Waals surface area contributed by atoms with E-state index in [1.165, 1.54) is 18.7 Å². The predicted molar refractivity (Wildman–Crippen MR) is 82.9 cm³/mol. The number of aryl methyl sites for hydroxylation is 1. The van der Waals surface area contributed by atoms with Crippen molar-refractivity contribution in [3.63, 3.8) is 0 Å². The van der Waals surface area contributed by atoms with Crippen LogP contribution in [0.1, 0.15) is 24.5 Å². The lowest BCUT2D eigenvalue weighted by atomic mass is 10.1. The summed E-state index contributed by atoms with van der Waals surface area (Å²) < 4.78 is 26.0. The molecule has 0 unspecified atom stereocenters. The first-order chi connectivity index (χ1) is 10.3. The minimum absolute atomic E-state index is 0.0142. The van der Waals surface area contributed by atoms with E-state index >= 15 is 0 Å². The molecule has 0 aromatic heterocycles. The molecule has 0 saturated heterocycles. The molecular weight excluding hydrogens is 310 g/mol. The van der Waals surface area contributed by atoms with E-state index in [4.69, 9.17) is 0 Å². The van der Waals surface area contributed by atoms with Gasteiger partial charge in [0.1, 0.15) is 0 Å². The van der Waals surface area contributed by atoms with Crippen LogP contribution in [0.4, 0.5) is 8.78 Å². The third-order valence-corrected chi connectivity index (χ3v) is 4.34. The molecule has 1 aromatic carbocycles. The molecule has 1 aromatic rings. The molecule has 120 valence electrons. The normalized spacial score (nSPS) is 21.4. The quantitative estimate of drug-likeness (QED) is 0.904. The lowest BCUT2D eigenvalue weighted by molar-refractivity contribution is -0.190. The topological polar surface area (TPSA) is 52.9 Å². The van der Waals surface area contributed by atoms with E-state index in [2.05, 4.69) is 5.10 Å². The van der Waals surface area contributed by atoms with Crippen LogP contribution >= 0.6 is 11.8 Å². The number of thioether (sulfide) groups is 1. The number of hydrazone groups is 1. The van der Waals surface area contributed by atoms with Gasteiger partial charge in [0.15, 0.2) is 0 Å². The molecule has 1 amide bonds. The van der Waals surface area contributed by atoms with Gasteiger partial charge in [-0.3, -0.25) is 4.79 Å². The Labute approximate surface area is 132 Å². The molecule has 1 N–H and O–H groups in total. The minimum atomic E-state index is -3.06. The molecular formula is C15H18F2N2O2S. The molecule has 7 heteroatoms. The summed E-state index contributed by atoms with van der Waals surface area (Å²) in [5.74, 6) is -0.0354. The van der Waals surface area contributed by atoms with E-state index in [1.54, 1.807) is 0 Å². The van der Waals surface area contributed by atoms with Crippen molar-refractivity contribution in [1.29, 1.82) is 0 Å². The molecule has 4 nitrogen and oxygen atoms in total. The number of carbonyl (C=O) groups excluding carboxylic acids is 1. The van der Waals surface area contributed by atoms with Gasteiger partial charge in [-0.1, -0.05) is 29.8 Å². The van der Waals surface area contributed by atoms with Gasteiger partial charge in [-0.15, -0.1) is 11.8 Å². The maximum absolute atomic E-state index is 13.0. The van der Waals surface area contributed by atoms with Crippen LogP contribution in [0.15, 0.2) is 29.4 Å². The van der Waals surface area contributed by atoms with Gasteiger partial charge in [0.2, 0.25) is 5.72 Å². The summed E-state index contributed by atoms with van der Waals surface area (Å²) in [6.45, 7) is 3.50. The molecule has 0 saturated carbocycles. The predicted octanol–water partition coefficient (Wildman–Crippen LogP) is 2.79.